The van der Waals surface area contributed by atoms with Crippen LogP contribution < -0.4 is 20.3 Å². The Balaban J connectivity index is 1.18. The summed E-state index contributed by atoms with van der Waals surface area (Å²) in [5, 5.41) is 19.8. The molecular formula is C37H39F3N8O7. The van der Waals surface area contributed by atoms with E-state index in [1.54, 1.807) is 33.0 Å². The zero-order chi connectivity index (χ0) is 39.2. The molecule has 55 heavy (non-hydrogen) atoms. The lowest BCUT2D eigenvalue weighted by Crippen LogP contribution is -2.40. The monoisotopic (exact) mass is 764 g/mol. The van der Waals surface area contributed by atoms with Gasteiger partial charge in [-0.2, -0.15) is 18.1 Å². The van der Waals surface area contributed by atoms with Crippen LogP contribution in [0.1, 0.15) is 65.0 Å². The molecule has 15 nitrogen and oxygen atoms in total. The van der Waals surface area contributed by atoms with Crippen LogP contribution in [0.4, 0.5) is 44.7 Å². The van der Waals surface area contributed by atoms with E-state index >= 15 is 0 Å². The summed E-state index contributed by atoms with van der Waals surface area (Å²) in [5.74, 6) is -0.523. The molecule has 0 atom stereocenters. The van der Waals surface area contributed by atoms with Crippen molar-refractivity contribution < 1.29 is 46.7 Å². The summed E-state index contributed by atoms with van der Waals surface area (Å²) in [6, 6.07) is 5.75. The molecule has 4 heterocycles. The minimum atomic E-state index is -4.74. The van der Waals surface area contributed by atoms with Crippen LogP contribution in [0.25, 0.3) is 33.1 Å². The molecule has 3 aromatic heterocycles. The van der Waals surface area contributed by atoms with Crippen LogP contribution >= 0.6 is 0 Å². The van der Waals surface area contributed by atoms with Gasteiger partial charge in [0.25, 0.3) is 0 Å². The molecule has 7 rings (SSSR count). The average Bonchev–Trinajstić information content (AvgIpc) is 3.69. The second kappa shape index (κ2) is 14.4. The highest BCUT2D eigenvalue weighted by molar-refractivity contribution is 6.17. The molecule has 1 aliphatic carbocycles. The molecule has 2 aromatic carbocycles. The fourth-order valence-electron chi connectivity index (χ4n) is 6.67. The summed E-state index contributed by atoms with van der Waals surface area (Å²) in [6.07, 6.45) is -0.568. The third-order valence-corrected chi connectivity index (χ3v) is 9.39. The van der Waals surface area contributed by atoms with E-state index in [0.29, 0.717) is 39.9 Å². The van der Waals surface area contributed by atoms with Crippen LogP contribution in [0.5, 0.6) is 5.75 Å². The number of piperidine rings is 1. The van der Waals surface area contributed by atoms with E-state index in [9.17, 15) is 32.7 Å². The maximum atomic E-state index is 14.2. The second-order valence-electron chi connectivity index (χ2n) is 14.4. The summed E-state index contributed by atoms with van der Waals surface area (Å²) in [5.41, 5.74) is -0.532. The molecule has 290 valence electrons. The first kappa shape index (κ1) is 37.4. The van der Waals surface area contributed by atoms with E-state index in [2.05, 4.69) is 30.7 Å². The van der Waals surface area contributed by atoms with Gasteiger partial charge in [0.2, 0.25) is 0 Å². The number of carbonyl (C=O) groups is 3. The molecule has 2 aliphatic rings. The van der Waals surface area contributed by atoms with Crippen molar-refractivity contribution in [3.8, 4) is 16.9 Å². The number of likely N-dealkylation sites (tertiary alicyclic amines) is 1. The number of carbonyl (C=O) groups excluding carboxylic acids is 2. The summed E-state index contributed by atoms with van der Waals surface area (Å²) in [7, 11) is 0. The predicted octanol–water partition coefficient (Wildman–Crippen LogP) is 8.52. The van der Waals surface area contributed by atoms with Crippen molar-refractivity contribution in [1.82, 2.24) is 24.6 Å². The van der Waals surface area contributed by atoms with E-state index in [1.165, 1.54) is 30.7 Å². The highest BCUT2D eigenvalue weighted by Crippen LogP contribution is 2.45. The molecule has 1 saturated carbocycles. The number of benzene rings is 2. The van der Waals surface area contributed by atoms with Crippen LogP contribution in [-0.2, 0) is 10.9 Å². The molecule has 3 N–H and O–H groups in total. The second-order valence-corrected chi connectivity index (χ2v) is 14.4. The lowest BCUT2D eigenvalue weighted by Gasteiger charge is -2.31. The van der Waals surface area contributed by atoms with Crippen molar-refractivity contribution in [3.05, 3.63) is 54.6 Å². The first-order chi connectivity index (χ1) is 26.1. The minimum absolute atomic E-state index is 0.0823. The standard InChI is InChI=1S/C37H39F3N8O7/c1-5-46-14-12-22(13-15-46)53-28-11-6-20(16-26(28)37(38,39)40)44-33(49)45-27-10-9-23(24-17-43-55-30(24)27)25-18-47(21-7-8-21)31-29(25)32(42-19-41-31)48(34(50)51)35(52)54-36(2,3)4/h6,9-11,16-19,21-22H,5,7-8,12-15H2,1-4H3,(H,50,51)(H2,44,45,49). The quantitative estimate of drug-likeness (QED) is 0.138. The Morgan fingerprint density at radius 1 is 1.02 bits per heavy atom. The minimum Gasteiger partial charge on any atom is -0.490 e. The van der Waals surface area contributed by atoms with Crippen molar-refractivity contribution in [2.45, 2.75) is 77.3 Å². The van der Waals surface area contributed by atoms with Crippen molar-refractivity contribution >= 4 is 57.4 Å². The number of hydrogen-bond acceptors (Lipinski definition) is 10. The number of urea groups is 1. The Labute approximate surface area is 312 Å². The molecule has 0 bridgehead atoms. The lowest BCUT2D eigenvalue weighted by atomic mass is 10.0. The smallest absolute Gasteiger partial charge is 0.425 e. The first-order valence-electron chi connectivity index (χ1n) is 17.8. The van der Waals surface area contributed by atoms with Gasteiger partial charge in [-0.15, -0.1) is 0 Å². The van der Waals surface area contributed by atoms with E-state index in [4.69, 9.17) is 14.0 Å². The predicted molar refractivity (Wildman–Crippen MR) is 195 cm³/mol. The third kappa shape index (κ3) is 7.85. The van der Waals surface area contributed by atoms with Crippen LogP contribution in [0.15, 0.2) is 53.6 Å². The number of fused-ring (bicyclic) bond motifs is 2. The molecule has 5 aromatic rings. The van der Waals surface area contributed by atoms with Gasteiger partial charge in [0.05, 0.1) is 28.2 Å². The van der Waals surface area contributed by atoms with Crippen LogP contribution in [0, 0.1) is 0 Å². The van der Waals surface area contributed by atoms with Crippen molar-refractivity contribution in [2.75, 3.05) is 35.2 Å². The Morgan fingerprint density at radius 2 is 1.76 bits per heavy atom. The number of nitrogens with one attached hydrogen (secondary N) is 2. The highest BCUT2D eigenvalue weighted by atomic mass is 19.4. The molecule has 0 radical (unpaired) electrons. The van der Waals surface area contributed by atoms with Gasteiger partial charge >= 0.3 is 24.4 Å². The number of imide groups is 1. The summed E-state index contributed by atoms with van der Waals surface area (Å²) < 4.78 is 61.1. The zero-order valence-electron chi connectivity index (χ0n) is 30.4. The number of rotatable bonds is 8. The molecule has 2 fully saturated rings. The van der Waals surface area contributed by atoms with Gasteiger partial charge in [-0.1, -0.05) is 18.1 Å². The maximum absolute atomic E-state index is 14.2. The number of halogens is 3. The number of hydrogen-bond donors (Lipinski definition) is 3. The normalized spacial score (nSPS) is 15.6. The Hall–Kier alpha value is -5.91. The van der Waals surface area contributed by atoms with Crippen LogP contribution in [0.2, 0.25) is 0 Å². The fourth-order valence-corrected chi connectivity index (χ4v) is 6.67. The zero-order valence-corrected chi connectivity index (χ0v) is 30.4. The van der Waals surface area contributed by atoms with Gasteiger partial charge < -0.3 is 39.2 Å². The fraction of sp³-hybridized carbons (Fsp3) is 0.405. The van der Waals surface area contributed by atoms with Crippen molar-refractivity contribution in [3.63, 3.8) is 0 Å². The Kier molecular flexibility index (Phi) is 9.79. The third-order valence-electron chi connectivity index (χ3n) is 9.39. The number of amides is 4. The maximum Gasteiger partial charge on any atom is 0.425 e. The Bertz CT molecular complexity index is 2270. The topological polar surface area (TPSA) is 177 Å². The van der Waals surface area contributed by atoms with Gasteiger partial charge in [-0.05, 0) is 82.8 Å². The number of nitrogens with zero attached hydrogens (tertiary/aromatic N) is 6. The summed E-state index contributed by atoms with van der Waals surface area (Å²) in [4.78, 5) is 50.2. The summed E-state index contributed by atoms with van der Waals surface area (Å²) in [6.45, 7) is 9.19. The van der Waals surface area contributed by atoms with Crippen molar-refractivity contribution in [2.24, 2.45) is 0 Å². The SMILES string of the molecule is CCN1CCC(Oc2ccc(NC(=O)Nc3ccc(-c4cn(C5CC5)c5ncnc(N(C(=O)O)C(=O)OC(C)(C)C)c45)c4cnoc34)cc2C(F)(F)F)CC1. The number of ether oxygens (including phenoxy) is 2. The summed E-state index contributed by atoms with van der Waals surface area (Å²) >= 11 is 0. The highest BCUT2D eigenvalue weighted by Gasteiger charge is 2.37. The first-order valence-corrected chi connectivity index (χ1v) is 17.8. The molecule has 4 amide bonds. The number of carboxylic acid groups (broad SMARTS) is 1. The molecule has 18 heteroatoms. The van der Waals surface area contributed by atoms with Gasteiger partial charge in [-0.3, -0.25) is 0 Å². The van der Waals surface area contributed by atoms with E-state index in [0.717, 1.165) is 38.5 Å². The molecule has 0 spiro atoms. The van der Waals surface area contributed by atoms with Gasteiger partial charge in [0.1, 0.15) is 29.4 Å². The number of aromatic nitrogens is 4. The van der Waals surface area contributed by atoms with Crippen molar-refractivity contribution in [1.29, 1.82) is 0 Å². The molecule has 1 saturated heterocycles. The van der Waals surface area contributed by atoms with Gasteiger partial charge in [0.15, 0.2) is 11.4 Å². The molecule has 0 unspecified atom stereocenters. The number of anilines is 3. The average molecular weight is 765 g/mol. The van der Waals surface area contributed by atoms with Gasteiger partial charge in [0, 0.05) is 36.6 Å². The number of alkyl halides is 3. The van der Waals surface area contributed by atoms with E-state index in [-0.39, 0.29) is 46.1 Å². The van der Waals surface area contributed by atoms with Crippen LogP contribution in [-0.4, -0.2) is 79.3 Å². The Morgan fingerprint density at radius 3 is 2.42 bits per heavy atom. The van der Waals surface area contributed by atoms with E-state index < -0.39 is 35.6 Å². The van der Waals surface area contributed by atoms with E-state index in [1.807, 2.05) is 11.5 Å². The molecular weight excluding hydrogens is 725 g/mol. The molecule has 1 aliphatic heterocycles. The van der Waals surface area contributed by atoms with Gasteiger partial charge in [-0.25, -0.2) is 24.4 Å². The lowest BCUT2D eigenvalue weighted by molar-refractivity contribution is -0.139. The van der Waals surface area contributed by atoms with Crippen LogP contribution in [0.3, 0.4) is 0 Å². The largest absolute Gasteiger partial charge is 0.490 e.